The van der Waals surface area contributed by atoms with Crippen LogP contribution in [0, 0.1) is 11.8 Å². The maximum Gasteiger partial charge on any atom is 0.326 e. The molecule has 1 saturated heterocycles. The maximum absolute atomic E-state index is 11.9. The van der Waals surface area contributed by atoms with Crippen LogP contribution < -0.4 is 0 Å². The van der Waals surface area contributed by atoms with Crippen molar-refractivity contribution in [3.8, 4) is 0 Å². The van der Waals surface area contributed by atoms with Crippen molar-refractivity contribution in [2.75, 3.05) is 12.3 Å². The second-order valence-electron chi connectivity index (χ2n) is 5.04. The summed E-state index contributed by atoms with van der Waals surface area (Å²) >= 11 is 1.21. The molecule has 0 aromatic rings. The van der Waals surface area contributed by atoms with Crippen molar-refractivity contribution >= 4 is 28.8 Å². The summed E-state index contributed by atoms with van der Waals surface area (Å²) in [5, 5.41) is 9.25. The minimum absolute atomic E-state index is 0.0397. The molecule has 6 heteroatoms. The third-order valence-electron chi connectivity index (χ3n) is 3.42. The van der Waals surface area contributed by atoms with Gasteiger partial charge in [0.05, 0.1) is 0 Å². The van der Waals surface area contributed by atoms with Crippen LogP contribution in [0.15, 0.2) is 0 Å². The summed E-state index contributed by atoms with van der Waals surface area (Å²) in [6.07, 6.45) is 2.16. The number of hydrogen-bond donors (Lipinski definition) is 1. The minimum atomic E-state index is -0.897. The molecule has 18 heavy (non-hydrogen) atoms. The Kier molecular flexibility index (Phi) is 3.94. The van der Waals surface area contributed by atoms with Crippen LogP contribution in [-0.4, -0.2) is 45.3 Å². The lowest BCUT2D eigenvalue weighted by Gasteiger charge is -2.24. The summed E-state index contributed by atoms with van der Waals surface area (Å²) in [6.45, 7) is 1.98. The number of rotatable bonds is 5. The molecule has 2 fully saturated rings. The number of hydrogen-bond acceptors (Lipinski definition) is 4. The highest BCUT2D eigenvalue weighted by Gasteiger charge is 2.45. The average molecular weight is 271 g/mol. The zero-order valence-corrected chi connectivity index (χ0v) is 11.1. The van der Waals surface area contributed by atoms with Crippen molar-refractivity contribution in [3.63, 3.8) is 0 Å². The number of carbonyl (C=O) groups is 3. The second kappa shape index (κ2) is 5.30. The van der Waals surface area contributed by atoms with Gasteiger partial charge < -0.3 is 10.0 Å². The Labute approximate surface area is 110 Å². The molecule has 5 nitrogen and oxygen atoms in total. The van der Waals surface area contributed by atoms with E-state index in [0.717, 1.165) is 12.8 Å². The van der Waals surface area contributed by atoms with Crippen LogP contribution in [-0.2, 0) is 14.4 Å². The van der Waals surface area contributed by atoms with Crippen LogP contribution in [0.1, 0.15) is 26.2 Å². The number of carbonyl (C=O) groups excluding carboxylic acids is 2. The molecule has 2 rings (SSSR count). The molecule has 1 heterocycles. The van der Waals surface area contributed by atoms with Gasteiger partial charge in [-0.25, -0.2) is 4.79 Å². The summed E-state index contributed by atoms with van der Waals surface area (Å²) in [7, 11) is 0. The highest BCUT2D eigenvalue weighted by molar-refractivity contribution is 8.13. The Morgan fingerprint density at radius 2 is 2.17 bits per heavy atom. The highest BCUT2D eigenvalue weighted by atomic mass is 32.2. The van der Waals surface area contributed by atoms with Gasteiger partial charge in [0.1, 0.15) is 6.04 Å². The van der Waals surface area contributed by atoms with Crippen molar-refractivity contribution in [1.29, 1.82) is 0 Å². The number of nitrogens with zero attached hydrogens (tertiary/aromatic N) is 1. The molecule has 1 aliphatic heterocycles. The van der Waals surface area contributed by atoms with E-state index in [-0.39, 0.29) is 22.9 Å². The molecule has 1 saturated carbocycles. The number of carboxylic acids is 1. The van der Waals surface area contributed by atoms with Crippen molar-refractivity contribution in [1.82, 2.24) is 4.90 Å². The number of thioether (sulfide) groups is 1. The Hall–Kier alpha value is -1.04. The van der Waals surface area contributed by atoms with Gasteiger partial charge in [-0.05, 0) is 24.7 Å². The zero-order valence-electron chi connectivity index (χ0n) is 10.3. The fourth-order valence-corrected chi connectivity index (χ4v) is 3.12. The van der Waals surface area contributed by atoms with E-state index in [1.54, 1.807) is 0 Å². The van der Waals surface area contributed by atoms with E-state index in [2.05, 4.69) is 0 Å². The normalized spacial score (nSPS) is 25.3. The average Bonchev–Trinajstić information content (AvgIpc) is 3.02. The molecule has 1 unspecified atom stereocenters. The van der Waals surface area contributed by atoms with Gasteiger partial charge in [0.15, 0.2) is 5.12 Å². The third-order valence-corrected chi connectivity index (χ3v) is 4.46. The molecule has 100 valence electrons. The van der Waals surface area contributed by atoms with Gasteiger partial charge >= 0.3 is 5.97 Å². The van der Waals surface area contributed by atoms with Crippen molar-refractivity contribution in [3.05, 3.63) is 0 Å². The number of aliphatic carboxylic acids is 1. The predicted molar refractivity (Wildman–Crippen MR) is 67.1 cm³/mol. The predicted octanol–water partition coefficient (Wildman–Crippen LogP) is 0.978. The summed E-state index contributed by atoms with van der Waals surface area (Å²) in [5.41, 5.74) is 0. The molecule has 1 N–H and O–H groups in total. The van der Waals surface area contributed by atoms with Gasteiger partial charge in [0, 0.05) is 25.6 Å². The molecule has 0 spiro atoms. The Bertz CT molecular complexity index is 380. The molecular formula is C12H17NO4S. The van der Waals surface area contributed by atoms with Crippen LogP contribution in [0.2, 0.25) is 0 Å². The minimum Gasteiger partial charge on any atom is -0.480 e. The first-order valence-corrected chi connectivity index (χ1v) is 7.13. The van der Waals surface area contributed by atoms with Gasteiger partial charge in [-0.3, -0.25) is 9.59 Å². The molecule has 0 radical (unpaired) electrons. The fourth-order valence-electron chi connectivity index (χ4n) is 2.43. The number of amides is 1. The van der Waals surface area contributed by atoms with E-state index >= 15 is 0 Å². The monoisotopic (exact) mass is 271 g/mol. The first kappa shape index (κ1) is 13.4. The molecule has 0 aromatic heterocycles. The van der Waals surface area contributed by atoms with Crippen molar-refractivity contribution in [2.24, 2.45) is 11.8 Å². The molecule has 0 bridgehead atoms. The topological polar surface area (TPSA) is 74.7 Å². The fraction of sp³-hybridized carbons (Fsp3) is 0.750. The van der Waals surface area contributed by atoms with Gasteiger partial charge in [-0.2, -0.15) is 0 Å². The van der Waals surface area contributed by atoms with Gasteiger partial charge in [0.25, 0.3) is 0 Å². The number of carboxylic acid groups (broad SMARTS) is 1. The third kappa shape index (κ3) is 3.04. The van der Waals surface area contributed by atoms with Crippen LogP contribution in [0.3, 0.4) is 0 Å². The maximum atomic E-state index is 11.9. The van der Waals surface area contributed by atoms with Gasteiger partial charge in [0.2, 0.25) is 5.91 Å². The largest absolute Gasteiger partial charge is 0.480 e. The molecule has 2 aliphatic rings. The van der Waals surface area contributed by atoms with E-state index < -0.39 is 12.0 Å². The van der Waals surface area contributed by atoms with E-state index in [9.17, 15) is 19.5 Å². The van der Waals surface area contributed by atoms with Crippen LogP contribution >= 0.6 is 11.8 Å². The lowest BCUT2D eigenvalue weighted by Crippen LogP contribution is -2.43. The lowest BCUT2D eigenvalue weighted by atomic mass is 10.1. The summed E-state index contributed by atoms with van der Waals surface area (Å²) < 4.78 is 0. The standard InChI is InChI=1S/C12H17NO4S/c1-7(14)18-6-8-4-10(15)13(5-8)11(12(16)17)9-2-3-9/h8-9,11H,2-6H2,1H3,(H,16,17)/t8?,11-/m0/s1. The first-order valence-electron chi connectivity index (χ1n) is 6.14. The quantitative estimate of drug-likeness (QED) is 0.806. The van der Waals surface area contributed by atoms with Gasteiger partial charge in [-0.1, -0.05) is 11.8 Å². The second-order valence-corrected chi connectivity index (χ2v) is 6.24. The zero-order chi connectivity index (χ0) is 13.3. The molecule has 2 atom stereocenters. The molecule has 1 aliphatic carbocycles. The van der Waals surface area contributed by atoms with Crippen molar-refractivity contribution < 1.29 is 19.5 Å². The van der Waals surface area contributed by atoms with Crippen LogP contribution in [0.5, 0.6) is 0 Å². The first-order chi connectivity index (χ1) is 8.49. The van der Waals surface area contributed by atoms with Crippen molar-refractivity contribution in [2.45, 2.75) is 32.2 Å². The van der Waals surface area contributed by atoms with Gasteiger partial charge in [-0.15, -0.1) is 0 Å². The Morgan fingerprint density at radius 3 is 2.67 bits per heavy atom. The highest BCUT2D eigenvalue weighted by Crippen LogP contribution is 2.38. The number of likely N-dealkylation sites (tertiary alicyclic amines) is 1. The lowest BCUT2D eigenvalue weighted by molar-refractivity contribution is -0.149. The summed E-state index contributed by atoms with van der Waals surface area (Å²) in [5.74, 6) is -0.138. The Morgan fingerprint density at radius 1 is 1.50 bits per heavy atom. The summed E-state index contributed by atoms with van der Waals surface area (Å²) in [4.78, 5) is 35.5. The molecular weight excluding hydrogens is 254 g/mol. The van der Waals surface area contributed by atoms with E-state index in [0.29, 0.717) is 18.7 Å². The van der Waals surface area contributed by atoms with E-state index in [1.807, 2.05) is 0 Å². The smallest absolute Gasteiger partial charge is 0.326 e. The molecule has 0 aromatic carbocycles. The SMILES string of the molecule is CC(=O)SCC1CC(=O)N([C@H](C(=O)O)C2CC2)C1. The van der Waals surface area contributed by atoms with Crippen LogP contribution in [0.4, 0.5) is 0 Å². The van der Waals surface area contributed by atoms with E-state index in [1.165, 1.54) is 23.6 Å². The summed E-state index contributed by atoms with van der Waals surface area (Å²) in [6, 6.07) is -0.648. The Balaban J connectivity index is 1.95. The van der Waals surface area contributed by atoms with E-state index in [4.69, 9.17) is 0 Å². The van der Waals surface area contributed by atoms with Crippen LogP contribution in [0.25, 0.3) is 0 Å². The molecule has 1 amide bonds.